The number of pyridine rings is 1. The third kappa shape index (κ3) is 3.28. The fourth-order valence-electron chi connectivity index (χ4n) is 3.12. The molecule has 2 aromatic carbocycles. The number of carbonyl (C=O) groups is 1. The van der Waals surface area contributed by atoms with Gasteiger partial charge in [0.25, 0.3) is 5.91 Å². The van der Waals surface area contributed by atoms with Crippen LogP contribution in [0, 0.1) is 5.82 Å². The van der Waals surface area contributed by atoms with Crippen LogP contribution >= 0.6 is 0 Å². The second-order valence-corrected chi connectivity index (χ2v) is 6.19. The molecule has 3 aromatic rings. The van der Waals surface area contributed by atoms with Crippen LogP contribution < -0.4 is 10.1 Å². The Bertz CT molecular complexity index is 927. The molecule has 0 radical (unpaired) electrons. The Hall–Kier alpha value is -3.21. The summed E-state index contributed by atoms with van der Waals surface area (Å²) in [6.45, 7) is 0.390. The predicted molar refractivity (Wildman–Crippen MR) is 96.5 cm³/mol. The zero-order chi connectivity index (χ0) is 17.9. The van der Waals surface area contributed by atoms with Gasteiger partial charge < -0.3 is 10.1 Å². The molecule has 5 heteroatoms. The van der Waals surface area contributed by atoms with Crippen LogP contribution in [0.5, 0.6) is 5.75 Å². The van der Waals surface area contributed by atoms with E-state index < -0.39 is 0 Å². The first-order valence-electron chi connectivity index (χ1n) is 8.43. The first-order chi connectivity index (χ1) is 12.7. The molecule has 26 heavy (non-hydrogen) atoms. The lowest BCUT2D eigenvalue weighted by Gasteiger charge is -2.13. The van der Waals surface area contributed by atoms with Gasteiger partial charge in [-0.3, -0.25) is 9.78 Å². The minimum atomic E-state index is -0.361. The average molecular weight is 348 g/mol. The van der Waals surface area contributed by atoms with E-state index in [0.717, 1.165) is 28.9 Å². The molecule has 0 spiro atoms. The number of amides is 1. The van der Waals surface area contributed by atoms with E-state index >= 15 is 0 Å². The molecule has 0 aliphatic carbocycles. The Labute approximate surface area is 150 Å². The van der Waals surface area contributed by atoms with Crippen LogP contribution in [-0.2, 0) is 6.42 Å². The fraction of sp³-hybridized carbons (Fsp3) is 0.143. The highest BCUT2D eigenvalue weighted by Gasteiger charge is 2.26. The van der Waals surface area contributed by atoms with E-state index in [0.29, 0.717) is 12.1 Å². The second-order valence-electron chi connectivity index (χ2n) is 6.19. The molecule has 2 heterocycles. The maximum absolute atomic E-state index is 13.0. The largest absolute Gasteiger partial charge is 0.487 e. The van der Waals surface area contributed by atoms with Crippen LogP contribution in [0.25, 0.3) is 11.1 Å². The highest BCUT2D eigenvalue weighted by molar-refractivity contribution is 5.94. The van der Waals surface area contributed by atoms with Crippen molar-refractivity contribution in [1.82, 2.24) is 10.3 Å². The number of nitrogens with zero attached hydrogens (tertiary/aromatic N) is 1. The SMILES string of the molecule is O=C(NCC1Cc2cccc(-c3ccncc3)c2O1)c1ccc(F)cc1. The van der Waals surface area contributed by atoms with Crippen LogP contribution in [0.15, 0.2) is 67.0 Å². The van der Waals surface area contributed by atoms with E-state index in [1.54, 1.807) is 12.4 Å². The number of aromatic nitrogens is 1. The lowest BCUT2D eigenvalue weighted by atomic mass is 10.0. The molecule has 1 N–H and O–H groups in total. The van der Waals surface area contributed by atoms with Crippen LogP contribution in [-0.4, -0.2) is 23.5 Å². The normalized spacial score (nSPS) is 15.2. The molecule has 0 fully saturated rings. The van der Waals surface area contributed by atoms with Gasteiger partial charge in [0.05, 0.1) is 6.54 Å². The van der Waals surface area contributed by atoms with Crippen molar-refractivity contribution in [3.05, 3.63) is 83.9 Å². The summed E-state index contributed by atoms with van der Waals surface area (Å²) in [5, 5.41) is 2.86. The number of carbonyl (C=O) groups excluding carboxylic acids is 1. The van der Waals surface area contributed by atoms with Gasteiger partial charge in [-0.25, -0.2) is 4.39 Å². The number of halogens is 1. The summed E-state index contributed by atoms with van der Waals surface area (Å²) in [6, 6.07) is 15.5. The maximum Gasteiger partial charge on any atom is 0.251 e. The molecule has 130 valence electrons. The van der Waals surface area contributed by atoms with Gasteiger partial charge >= 0.3 is 0 Å². The van der Waals surface area contributed by atoms with Crippen molar-refractivity contribution in [1.29, 1.82) is 0 Å². The van der Waals surface area contributed by atoms with Crippen molar-refractivity contribution < 1.29 is 13.9 Å². The summed E-state index contributed by atoms with van der Waals surface area (Å²) >= 11 is 0. The van der Waals surface area contributed by atoms with Gasteiger partial charge in [0.2, 0.25) is 0 Å². The topological polar surface area (TPSA) is 51.2 Å². The molecule has 1 unspecified atom stereocenters. The third-order valence-corrected chi connectivity index (χ3v) is 4.42. The number of benzene rings is 2. The molecule has 0 bridgehead atoms. The summed E-state index contributed by atoms with van der Waals surface area (Å²) in [7, 11) is 0. The standard InChI is InChI=1S/C21H17FN2O2/c22-17-6-4-15(5-7-17)21(25)24-13-18-12-16-2-1-3-19(20(16)26-18)14-8-10-23-11-9-14/h1-11,18H,12-13H2,(H,24,25). The van der Waals surface area contributed by atoms with Crippen molar-refractivity contribution in [3.8, 4) is 16.9 Å². The highest BCUT2D eigenvalue weighted by Crippen LogP contribution is 2.38. The van der Waals surface area contributed by atoms with Gasteiger partial charge in [0.15, 0.2) is 0 Å². The average Bonchev–Trinajstić information content (AvgIpc) is 3.10. The maximum atomic E-state index is 13.0. The van der Waals surface area contributed by atoms with E-state index in [-0.39, 0.29) is 17.8 Å². The fourth-order valence-corrected chi connectivity index (χ4v) is 3.12. The molecule has 1 amide bonds. The molecular weight excluding hydrogens is 331 g/mol. The van der Waals surface area contributed by atoms with Gasteiger partial charge in [-0.1, -0.05) is 18.2 Å². The number of para-hydroxylation sites is 1. The molecule has 0 saturated carbocycles. The van der Waals surface area contributed by atoms with E-state index in [4.69, 9.17) is 4.74 Å². The van der Waals surface area contributed by atoms with Crippen molar-refractivity contribution in [3.63, 3.8) is 0 Å². The Kier molecular flexibility index (Phi) is 4.35. The number of rotatable bonds is 4. The van der Waals surface area contributed by atoms with Crippen LogP contribution in [0.4, 0.5) is 4.39 Å². The van der Waals surface area contributed by atoms with Crippen LogP contribution in [0.2, 0.25) is 0 Å². The van der Waals surface area contributed by atoms with Crippen molar-refractivity contribution >= 4 is 5.91 Å². The van der Waals surface area contributed by atoms with Crippen LogP contribution in [0.3, 0.4) is 0 Å². The predicted octanol–water partition coefficient (Wildman–Crippen LogP) is 3.62. The lowest BCUT2D eigenvalue weighted by molar-refractivity contribution is 0.0933. The van der Waals surface area contributed by atoms with E-state index in [1.807, 2.05) is 30.3 Å². The minimum absolute atomic E-state index is 0.127. The zero-order valence-electron chi connectivity index (χ0n) is 14.0. The smallest absolute Gasteiger partial charge is 0.251 e. The monoisotopic (exact) mass is 348 g/mol. The summed E-state index contributed by atoms with van der Waals surface area (Å²) in [5.74, 6) is 0.262. The second kappa shape index (κ2) is 6.96. The molecule has 1 atom stereocenters. The lowest BCUT2D eigenvalue weighted by Crippen LogP contribution is -2.34. The van der Waals surface area contributed by atoms with Gasteiger partial charge in [-0.2, -0.15) is 0 Å². The highest BCUT2D eigenvalue weighted by atomic mass is 19.1. The Balaban J connectivity index is 1.44. The third-order valence-electron chi connectivity index (χ3n) is 4.42. The van der Waals surface area contributed by atoms with E-state index in [2.05, 4.69) is 10.3 Å². The number of fused-ring (bicyclic) bond motifs is 1. The van der Waals surface area contributed by atoms with Crippen LogP contribution in [0.1, 0.15) is 15.9 Å². The number of ether oxygens (including phenoxy) is 1. The first-order valence-corrected chi connectivity index (χ1v) is 8.43. The van der Waals surface area contributed by atoms with E-state index in [9.17, 15) is 9.18 Å². The van der Waals surface area contributed by atoms with Gasteiger partial charge in [-0.15, -0.1) is 0 Å². The molecule has 1 aliphatic heterocycles. The van der Waals surface area contributed by atoms with Crippen molar-refractivity contribution in [2.45, 2.75) is 12.5 Å². The molecule has 4 nitrogen and oxygen atoms in total. The summed E-state index contributed by atoms with van der Waals surface area (Å²) < 4.78 is 19.1. The van der Waals surface area contributed by atoms with E-state index in [1.165, 1.54) is 24.3 Å². The van der Waals surface area contributed by atoms with Crippen molar-refractivity contribution in [2.24, 2.45) is 0 Å². The van der Waals surface area contributed by atoms with Gasteiger partial charge in [-0.05, 0) is 47.5 Å². The Morgan fingerprint density at radius 1 is 1.12 bits per heavy atom. The summed E-state index contributed by atoms with van der Waals surface area (Å²) in [6.07, 6.45) is 4.11. The number of nitrogens with one attached hydrogen (secondary N) is 1. The summed E-state index contributed by atoms with van der Waals surface area (Å²) in [4.78, 5) is 16.2. The Morgan fingerprint density at radius 2 is 1.88 bits per heavy atom. The molecule has 0 saturated heterocycles. The summed E-state index contributed by atoms with van der Waals surface area (Å²) in [5.41, 5.74) is 3.63. The minimum Gasteiger partial charge on any atom is -0.487 e. The molecular formula is C21H17FN2O2. The van der Waals surface area contributed by atoms with Gasteiger partial charge in [0.1, 0.15) is 17.7 Å². The Morgan fingerprint density at radius 3 is 2.65 bits per heavy atom. The number of hydrogen-bond acceptors (Lipinski definition) is 3. The van der Waals surface area contributed by atoms with Gasteiger partial charge in [0, 0.05) is 29.9 Å². The molecule has 1 aliphatic rings. The quantitative estimate of drug-likeness (QED) is 0.783. The first kappa shape index (κ1) is 16.3. The van der Waals surface area contributed by atoms with Crippen molar-refractivity contribution in [2.75, 3.05) is 6.54 Å². The zero-order valence-corrected chi connectivity index (χ0v) is 14.0. The molecule has 1 aromatic heterocycles. The molecule has 4 rings (SSSR count). The number of hydrogen-bond donors (Lipinski definition) is 1.